The SMILES string of the molecule is Cc1cc(Br)cc2c1OC(=O)CC2CC(=O)O. The molecule has 0 saturated carbocycles. The number of hydrogen-bond acceptors (Lipinski definition) is 3. The second-order valence-electron chi connectivity index (χ2n) is 4.11. The van der Waals surface area contributed by atoms with Crippen molar-refractivity contribution >= 4 is 27.9 Å². The molecule has 1 aliphatic heterocycles. The molecule has 4 nitrogen and oxygen atoms in total. The van der Waals surface area contributed by atoms with Gasteiger partial charge in [-0.15, -0.1) is 0 Å². The number of halogens is 1. The number of carboxylic acid groups (broad SMARTS) is 1. The van der Waals surface area contributed by atoms with Crippen LogP contribution in [0, 0.1) is 6.92 Å². The van der Waals surface area contributed by atoms with Crippen molar-refractivity contribution in [3.05, 3.63) is 27.7 Å². The topological polar surface area (TPSA) is 63.6 Å². The molecule has 1 heterocycles. The Morgan fingerprint density at radius 2 is 2.29 bits per heavy atom. The lowest BCUT2D eigenvalue weighted by Gasteiger charge is -2.24. The number of aryl methyl sites for hydroxylation is 1. The number of carbonyl (C=O) groups is 2. The molecule has 5 heteroatoms. The van der Waals surface area contributed by atoms with Crippen LogP contribution in [-0.4, -0.2) is 17.0 Å². The van der Waals surface area contributed by atoms with E-state index in [0.717, 1.165) is 15.6 Å². The van der Waals surface area contributed by atoms with E-state index in [1.165, 1.54) is 0 Å². The van der Waals surface area contributed by atoms with Gasteiger partial charge in [-0.05, 0) is 24.6 Å². The highest BCUT2D eigenvalue weighted by atomic mass is 79.9. The van der Waals surface area contributed by atoms with E-state index < -0.39 is 5.97 Å². The minimum atomic E-state index is -0.909. The number of ether oxygens (including phenoxy) is 1. The monoisotopic (exact) mass is 298 g/mol. The zero-order valence-corrected chi connectivity index (χ0v) is 10.8. The summed E-state index contributed by atoms with van der Waals surface area (Å²) in [6.07, 6.45) is 0.0627. The molecule has 1 atom stereocenters. The fourth-order valence-corrected chi connectivity index (χ4v) is 2.65. The van der Waals surface area contributed by atoms with Gasteiger partial charge in [-0.2, -0.15) is 0 Å². The molecule has 2 rings (SSSR count). The van der Waals surface area contributed by atoms with E-state index in [0.29, 0.717) is 5.75 Å². The lowest BCUT2D eigenvalue weighted by Crippen LogP contribution is -2.22. The number of carbonyl (C=O) groups excluding carboxylic acids is 1. The standard InChI is InChI=1S/C12H11BrO4/c1-6-2-8(13)5-9-7(3-10(14)15)4-11(16)17-12(6)9/h2,5,7H,3-4H2,1H3,(H,14,15). The Hall–Kier alpha value is -1.36. The molecule has 0 saturated heterocycles. The molecule has 90 valence electrons. The molecule has 1 aromatic carbocycles. The number of benzene rings is 1. The van der Waals surface area contributed by atoms with Crippen LogP contribution in [-0.2, 0) is 9.59 Å². The molecule has 1 aromatic rings. The van der Waals surface area contributed by atoms with Crippen LogP contribution in [0.2, 0.25) is 0 Å². The third-order valence-corrected chi connectivity index (χ3v) is 3.22. The molecule has 1 aliphatic rings. The maximum atomic E-state index is 11.4. The number of carboxylic acids is 1. The van der Waals surface area contributed by atoms with Crippen molar-refractivity contribution in [1.82, 2.24) is 0 Å². The largest absolute Gasteiger partial charge is 0.481 e. The summed E-state index contributed by atoms with van der Waals surface area (Å²) in [7, 11) is 0. The zero-order valence-electron chi connectivity index (χ0n) is 9.20. The molecular weight excluding hydrogens is 288 g/mol. The molecule has 0 aliphatic carbocycles. The van der Waals surface area contributed by atoms with Crippen LogP contribution in [0.25, 0.3) is 0 Å². The van der Waals surface area contributed by atoms with Gasteiger partial charge in [0.1, 0.15) is 5.75 Å². The van der Waals surface area contributed by atoms with Gasteiger partial charge in [-0.1, -0.05) is 15.9 Å². The van der Waals surface area contributed by atoms with Crippen LogP contribution in [0.5, 0.6) is 5.75 Å². The molecule has 0 fully saturated rings. The van der Waals surface area contributed by atoms with Crippen LogP contribution >= 0.6 is 15.9 Å². The van der Waals surface area contributed by atoms with Gasteiger partial charge < -0.3 is 9.84 Å². The normalized spacial score (nSPS) is 18.5. The number of fused-ring (bicyclic) bond motifs is 1. The van der Waals surface area contributed by atoms with Gasteiger partial charge in [0.15, 0.2) is 0 Å². The van der Waals surface area contributed by atoms with Gasteiger partial charge in [0.05, 0.1) is 12.8 Å². The fourth-order valence-electron chi connectivity index (χ4n) is 2.06. The van der Waals surface area contributed by atoms with E-state index in [1.807, 2.05) is 19.1 Å². The summed E-state index contributed by atoms with van der Waals surface area (Å²) in [4.78, 5) is 22.2. The Labute approximate surface area is 107 Å². The van der Waals surface area contributed by atoms with Crippen LogP contribution in [0.15, 0.2) is 16.6 Å². The molecule has 0 aromatic heterocycles. The highest BCUT2D eigenvalue weighted by Crippen LogP contribution is 2.40. The molecule has 1 unspecified atom stereocenters. The van der Waals surface area contributed by atoms with E-state index in [1.54, 1.807) is 0 Å². The molecule has 0 amide bonds. The van der Waals surface area contributed by atoms with Crippen LogP contribution in [0.1, 0.15) is 29.9 Å². The van der Waals surface area contributed by atoms with Gasteiger partial charge in [0.25, 0.3) is 0 Å². The number of hydrogen-bond donors (Lipinski definition) is 1. The van der Waals surface area contributed by atoms with E-state index in [4.69, 9.17) is 9.84 Å². The molecule has 17 heavy (non-hydrogen) atoms. The van der Waals surface area contributed by atoms with Gasteiger partial charge in [-0.3, -0.25) is 9.59 Å². The van der Waals surface area contributed by atoms with E-state index in [-0.39, 0.29) is 24.7 Å². The first-order valence-corrected chi connectivity index (χ1v) is 5.99. The highest BCUT2D eigenvalue weighted by Gasteiger charge is 2.30. The van der Waals surface area contributed by atoms with Crippen molar-refractivity contribution in [2.24, 2.45) is 0 Å². The predicted molar refractivity (Wildman–Crippen MR) is 64.1 cm³/mol. The lowest BCUT2D eigenvalue weighted by molar-refractivity contribution is -0.139. The Balaban J connectivity index is 2.48. The predicted octanol–water partition coefficient (Wildman–Crippen LogP) is 2.62. The lowest BCUT2D eigenvalue weighted by atomic mass is 9.89. The van der Waals surface area contributed by atoms with Crippen LogP contribution in [0.3, 0.4) is 0 Å². The molecule has 1 N–H and O–H groups in total. The fraction of sp³-hybridized carbons (Fsp3) is 0.333. The minimum Gasteiger partial charge on any atom is -0.481 e. The summed E-state index contributed by atoms with van der Waals surface area (Å²) >= 11 is 3.36. The summed E-state index contributed by atoms with van der Waals surface area (Å²) < 4.78 is 6.04. The number of aliphatic carboxylic acids is 1. The summed E-state index contributed by atoms with van der Waals surface area (Å²) in [6, 6.07) is 3.66. The minimum absolute atomic E-state index is 0.0575. The summed E-state index contributed by atoms with van der Waals surface area (Å²) in [6.45, 7) is 1.83. The van der Waals surface area contributed by atoms with Crippen molar-refractivity contribution in [1.29, 1.82) is 0 Å². The van der Waals surface area contributed by atoms with Gasteiger partial charge in [-0.25, -0.2) is 0 Å². The van der Waals surface area contributed by atoms with E-state index in [2.05, 4.69) is 15.9 Å². The second kappa shape index (κ2) is 4.49. The molecule has 0 bridgehead atoms. The van der Waals surface area contributed by atoms with E-state index in [9.17, 15) is 9.59 Å². The maximum absolute atomic E-state index is 11.4. The van der Waals surface area contributed by atoms with Gasteiger partial charge in [0.2, 0.25) is 0 Å². The molecule has 0 spiro atoms. The average molecular weight is 299 g/mol. The Kier molecular flexibility index (Phi) is 3.19. The summed E-state index contributed by atoms with van der Waals surface area (Å²) in [5, 5.41) is 8.85. The van der Waals surface area contributed by atoms with Gasteiger partial charge in [0, 0.05) is 16.0 Å². The molecular formula is C12H11BrO4. The van der Waals surface area contributed by atoms with Gasteiger partial charge >= 0.3 is 11.9 Å². The summed E-state index contributed by atoms with van der Waals surface area (Å²) in [5.74, 6) is -1.07. The maximum Gasteiger partial charge on any atom is 0.311 e. The Bertz CT molecular complexity index is 496. The quantitative estimate of drug-likeness (QED) is 0.673. The number of esters is 1. The average Bonchev–Trinajstić information content (AvgIpc) is 2.19. The zero-order chi connectivity index (χ0) is 12.6. The molecule has 0 radical (unpaired) electrons. The van der Waals surface area contributed by atoms with Crippen molar-refractivity contribution in [2.45, 2.75) is 25.7 Å². The first-order valence-electron chi connectivity index (χ1n) is 5.20. The van der Waals surface area contributed by atoms with Crippen molar-refractivity contribution in [3.63, 3.8) is 0 Å². The van der Waals surface area contributed by atoms with Crippen LogP contribution in [0.4, 0.5) is 0 Å². The first-order chi connectivity index (χ1) is 7.97. The van der Waals surface area contributed by atoms with Crippen molar-refractivity contribution < 1.29 is 19.4 Å². The highest BCUT2D eigenvalue weighted by molar-refractivity contribution is 9.10. The van der Waals surface area contributed by atoms with Crippen molar-refractivity contribution in [3.8, 4) is 5.75 Å². The van der Waals surface area contributed by atoms with Crippen molar-refractivity contribution in [2.75, 3.05) is 0 Å². The Morgan fingerprint density at radius 1 is 1.59 bits per heavy atom. The third kappa shape index (κ3) is 2.49. The number of rotatable bonds is 2. The first kappa shape index (κ1) is 12.1. The Morgan fingerprint density at radius 3 is 2.94 bits per heavy atom. The third-order valence-electron chi connectivity index (χ3n) is 2.76. The smallest absolute Gasteiger partial charge is 0.311 e. The summed E-state index contributed by atoms with van der Waals surface area (Å²) in [5.41, 5.74) is 1.62. The van der Waals surface area contributed by atoms with Crippen LogP contribution < -0.4 is 4.74 Å². The second-order valence-corrected chi connectivity index (χ2v) is 5.03. The van der Waals surface area contributed by atoms with E-state index >= 15 is 0 Å².